The number of nitrogens with zero attached hydrogens (tertiary/aromatic N) is 4. The maximum absolute atomic E-state index is 13.2. The van der Waals surface area contributed by atoms with Crippen LogP contribution in [0.15, 0.2) is 39.9 Å². The number of nitro groups is 1. The third-order valence-corrected chi connectivity index (χ3v) is 4.92. The topological polar surface area (TPSA) is 126 Å². The largest absolute Gasteiger partial charge is 0.462 e. The second kappa shape index (κ2) is 9.54. The molecule has 2 aromatic heterocycles. The summed E-state index contributed by atoms with van der Waals surface area (Å²) in [7, 11) is 0. The van der Waals surface area contributed by atoms with Crippen molar-refractivity contribution in [2.75, 3.05) is 6.61 Å². The van der Waals surface area contributed by atoms with Gasteiger partial charge in [-0.3, -0.25) is 24.0 Å². The molecule has 168 valence electrons. The number of pyridine rings is 1. The molecule has 0 spiro atoms. The van der Waals surface area contributed by atoms with Crippen molar-refractivity contribution in [2.24, 2.45) is 0 Å². The molecule has 0 aliphatic carbocycles. The van der Waals surface area contributed by atoms with Gasteiger partial charge in [0, 0.05) is 30.8 Å². The van der Waals surface area contributed by atoms with Gasteiger partial charge in [-0.2, -0.15) is 0 Å². The van der Waals surface area contributed by atoms with E-state index in [9.17, 15) is 24.5 Å². The smallest absolute Gasteiger partial charge is 0.339 e. The Kier molecular flexibility index (Phi) is 6.82. The summed E-state index contributed by atoms with van der Waals surface area (Å²) in [6.45, 7) is 5.94. The Labute approximate surface area is 183 Å². The molecule has 0 saturated carbocycles. The maximum atomic E-state index is 13.2. The standard InChI is InChI=1S/C22H24N4O6/c1-4-10-24-19-18(20(27)25(11-5-2)22(24)29)16(21(28)32-6-3)13-17(23-19)14-8-7-9-15(12-14)26(30)31/h7-9,12-13H,4-6,10-11H2,1-3H3. The third-order valence-electron chi connectivity index (χ3n) is 4.92. The van der Waals surface area contributed by atoms with Crippen LogP contribution in [0.2, 0.25) is 0 Å². The maximum Gasteiger partial charge on any atom is 0.339 e. The highest BCUT2D eigenvalue weighted by Crippen LogP contribution is 2.26. The monoisotopic (exact) mass is 440 g/mol. The molecule has 0 N–H and O–H groups in total. The van der Waals surface area contributed by atoms with E-state index in [1.807, 2.05) is 13.8 Å². The van der Waals surface area contributed by atoms with Crippen LogP contribution < -0.4 is 11.2 Å². The molecule has 0 radical (unpaired) electrons. The molecule has 0 aliphatic heterocycles. The van der Waals surface area contributed by atoms with Crippen LogP contribution in [0.1, 0.15) is 44.0 Å². The van der Waals surface area contributed by atoms with Crippen molar-refractivity contribution < 1.29 is 14.5 Å². The molecule has 0 bridgehead atoms. The quantitative estimate of drug-likeness (QED) is 0.299. The van der Waals surface area contributed by atoms with Crippen LogP contribution in [0.4, 0.5) is 5.69 Å². The van der Waals surface area contributed by atoms with Crippen LogP contribution in [0.5, 0.6) is 0 Å². The van der Waals surface area contributed by atoms with Gasteiger partial charge in [-0.1, -0.05) is 26.0 Å². The van der Waals surface area contributed by atoms with Gasteiger partial charge in [0.25, 0.3) is 11.2 Å². The molecule has 0 fully saturated rings. The van der Waals surface area contributed by atoms with Crippen LogP contribution in [-0.2, 0) is 17.8 Å². The second-order valence-electron chi connectivity index (χ2n) is 7.17. The Balaban J connectivity index is 2.47. The number of benzene rings is 1. The highest BCUT2D eigenvalue weighted by atomic mass is 16.6. The van der Waals surface area contributed by atoms with Crippen LogP contribution in [0.3, 0.4) is 0 Å². The lowest BCUT2D eigenvalue weighted by molar-refractivity contribution is -0.384. The van der Waals surface area contributed by atoms with Crippen molar-refractivity contribution >= 4 is 22.7 Å². The Hall–Kier alpha value is -3.82. The molecule has 3 rings (SSSR count). The van der Waals surface area contributed by atoms with Crippen molar-refractivity contribution in [1.82, 2.24) is 14.1 Å². The Morgan fingerprint density at radius 2 is 1.78 bits per heavy atom. The number of carbonyl (C=O) groups is 1. The molecule has 0 amide bonds. The molecule has 10 nitrogen and oxygen atoms in total. The number of hydrogen-bond donors (Lipinski definition) is 0. The van der Waals surface area contributed by atoms with E-state index in [4.69, 9.17) is 4.74 Å². The highest BCUT2D eigenvalue weighted by Gasteiger charge is 2.23. The first kappa shape index (κ1) is 22.9. The van der Waals surface area contributed by atoms with Crippen LogP contribution >= 0.6 is 0 Å². The molecule has 3 aromatic rings. The summed E-state index contributed by atoms with van der Waals surface area (Å²) in [5, 5.41) is 11.2. The third kappa shape index (κ3) is 4.16. The molecule has 0 atom stereocenters. The van der Waals surface area contributed by atoms with E-state index in [2.05, 4.69) is 4.98 Å². The summed E-state index contributed by atoms with van der Waals surface area (Å²) in [5.41, 5.74) is -0.642. The number of carbonyl (C=O) groups excluding carboxylic acids is 1. The molecule has 1 aromatic carbocycles. The minimum atomic E-state index is -0.728. The van der Waals surface area contributed by atoms with E-state index in [1.165, 1.54) is 28.8 Å². The summed E-state index contributed by atoms with van der Waals surface area (Å²) in [5.74, 6) is -0.728. The number of non-ortho nitro benzene ring substituents is 1. The summed E-state index contributed by atoms with van der Waals surface area (Å²) in [4.78, 5) is 54.3. The van der Waals surface area contributed by atoms with Crippen LogP contribution in [0.25, 0.3) is 22.3 Å². The Morgan fingerprint density at radius 3 is 2.41 bits per heavy atom. The molecule has 0 unspecified atom stereocenters. The minimum absolute atomic E-state index is 0.000805. The molecule has 0 saturated heterocycles. The van der Waals surface area contributed by atoms with Crippen molar-refractivity contribution in [3.8, 4) is 11.3 Å². The predicted molar refractivity (Wildman–Crippen MR) is 119 cm³/mol. The molecule has 10 heteroatoms. The molecular formula is C22H24N4O6. The Bertz CT molecular complexity index is 1310. The average molecular weight is 440 g/mol. The molecule has 0 aliphatic rings. The fraction of sp³-hybridized carbons (Fsp3) is 0.364. The van der Waals surface area contributed by atoms with Gasteiger partial charge in [-0.25, -0.2) is 14.6 Å². The summed E-state index contributed by atoms with van der Waals surface area (Å²) in [6, 6.07) is 7.16. The van der Waals surface area contributed by atoms with E-state index in [0.29, 0.717) is 18.4 Å². The average Bonchev–Trinajstić information content (AvgIpc) is 2.78. The summed E-state index contributed by atoms with van der Waals surface area (Å²) in [6.07, 6.45) is 1.15. The lowest BCUT2D eigenvalue weighted by atomic mass is 10.1. The lowest BCUT2D eigenvalue weighted by Crippen LogP contribution is -2.41. The normalized spacial score (nSPS) is 11.0. The number of hydrogen-bond acceptors (Lipinski definition) is 7. The number of rotatable bonds is 8. The number of ether oxygens (including phenoxy) is 1. The summed E-state index contributed by atoms with van der Waals surface area (Å²) >= 11 is 0. The van der Waals surface area contributed by atoms with Gasteiger partial charge < -0.3 is 4.74 Å². The van der Waals surface area contributed by atoms with E-state index in [0.717, 1.165) is 4.57 Å². The van der Waals surface area contributed by atoms with Gasteiger partial charge in [0.05, 0.1) is 28.2 Å². The number of esters is 1. The highest BCUT2D eigenvalue weighted by molar-refractivity contribution is 6.03. The van der Waals surface area contributed by atoms with Crippen molar-refractivity contribution in [1.29, 1.82) is 0 Å². The number of aryl methyl sites for hydroxylation is 1. The first-order chi connectivity index (χ1) is 15.3. The zero-order valence-corrected chi connectivity index (χ0v) is 18.2. The molecule has 32 heavy (non-hydrogen) atoms. The zero-order chi connectivity index (χ0) is 23.4. The van der Waals surface area contributed by atoms with E-state index >= 15 is 0 Å². The van der Waals surface area contributed by atoms with Gasteiger partial charge in [-0.05, 0) is 25.8 Å². The number of nitro benzene ring substituents is 1. The van der Waals surface area contributed by atoms with Gasteiger partial charge in [0.15, 0.2) is 5.65 Å². The molecule has 2 heterocycles. The van der Waals surface area contributed by atoms with Gasteiger partial charge in [0.1, 0.15) is 0 Å². The first-order valence-electron chi connectivity index (χ1n) is 10.4. The van der Waals surface area contributed by atoms with Gasteiger partial charge >= 0.3 is 11.7 Å². The fourth-order valence-electron chi connectivity index (χ4n) is 3.54. The fourth-order valence-corrected chi connectivity index (χ4v) is 3.54. The van der Waals surface area contributed by atoms with E-state index < -0.39 is 22.1 Å². The van der Waals surface area contributed by atoms with Crippen molar-refractivity contribution in [3.05, 3.63) is 66.8 Å². The predicted octanol–water partition coefficient (Wildman–Crippen LogP) is 3.13. The second-order valence-corrected chi connectivity index (χ2v) is 7.17. The zero-order valence-electron chi connectivity index (χ0n) is 18.2. The minimum Gasteiger partial charge on any atom is -0.462 e. The Morgan fingerprint density at radius 1 is 1.09 bits per heavy atom. The van der Waals surface area contributed by atoms with Gasteiger partial charge in [-0.15, -0.1) is 0 Å². The van der Waals surface area contributed by atoms with Crippen molar-refractivity contribution in [3.63, 3.8) is 0 Å². The van der Waals surface area contributed by atoms with Crippen LogP contribution in [0, 0.1) is 10.1 Å². The van der Waals surface area contributed by atoms with Gasteiger partial charge in [0.2, 0.25) is 0 Å². The molecular weight excluding hydrogens is 416 g/mol. The number of aromatic nitrogens is 3. The first-order valence-corrected chi connectivity index (χ1v) is 10.4. The lowest BCUT2D eigenvalue weighted by Gasteiger charge is -2.16. The number of fused-ring (bicyclic) bond motifs is 1. The van der Waals surface area contributed by atoms with E-state index in [-0.39, 0.29) is 47.7 Å². The summed E-state index contributed by atoms with van der Waals surface area (Å²) < 4.78 is 7.64. The SMILES string of the molecule is CCCn1c(=O)c2c(C(=O)OCC)cc(-c3cccc([N+](=O)[O-])c3)nc2n(CCC)c1=O. The van der Waals surface area contributed by atoms with Crippen LogP contribution in [-0.4, -0.2) is 31.6 Å². The van der Waals surface area contributed by atoms with Crippen molar-refractivity contribution in [2.45, 2.75) is 46.7 Å². The van der Waals surface area contributed by atoms with E-state index in [1.54, 1.807) is 13.0 Å².